The summed E-state index contributed by atoms with van der Waals surface area (Å²) in [6, 6.07) is 14.3. The third-order valence-corrected chi connectivity index (χ3v) is 4.37. The van der Waals surface area contributed by atoms with Gasteiger partial charge in [0.05, 0.1) is 13.1 Å². The fourth-order valence-corrected chi connectivity index (χ4v) is 2.91. The van der Waals surface area contributed by atoms with E-state index in [1.54, 1.807) is 24.3 Å². The average Bonchev–Trinajstić information content (AvgIpc) is 3.25. The molecule has 7 nitrogen and oxygen atoms in total. The molecule has 2 heterocycles. The third kappa shape index (κ3) is 4.98. The fourth-order valence-electron chi connectivity index (χ4n) is 2.91. The summed E-state index contributed by atoms with van der Waals surface area (Å²) in [7, 11) is 4.05. The summed E-state index contributed by atoms with van der Waals surface area (Å²) >= 11 is 0. The molecule has 0 saturated heterocycles. The van der Waals surface area contributed by atoms with E-state index in [0.29, 0.717) is 11.5 Å². The molecule has 0 radical (unpaired) electrons. The van der Waals surface area contributed by atoms with E-state index in [4.69, 9.17) is 10.2 Å². The molecule has 0 aliphatic carbocycles. The first-order chi connectivity index (χ1) is 12.5. The first-order valence-electron chi connectivity index (χ1n) is 8.64. The smallest absolute Gasteiger partial charge is 0.130 e. The molecule has 0 aromatic heterocycles. The fraction of sp³-hybridized carbons (Fsp3) is 0.300. The molecular formula is C20H26N4O3. The van der Waals surface area contributed by atoms with Crippen LogP contribution < -0.4 is 0 Å². The van der Waals surface area contributed by atoms with Crippen molar-refractivity contribution < 1.29 is 15.7 Å². The average molecular weight is 370 g/mol. The van der Waals surface area contributed by atoms with Gasteiger partial charge in [-0.05, 0) is 48.5 Å². The standard InChI is InChI=1S/2C10H12N2O.H2O/c2*1-12-7-6-11-10(12)8-2-4-9(13)5-3-8;/h2*2-5,13H,6-7H2,1H3;1H2. The highest BCUT2D eigenvalue weighted by molar-refractivity contribution is 6.00. The predicted molar refractivity (Wildman–Crippen MR) is 108 cm³/mol. The van der Waals surface area contributed by atoms with Crippen LogP contribution in [-0.4, -0.2) is 77.4 Å². The summed E-state index contributed by atoms with van der Waals surface area (Å²) < 4.78 is 0. The molecule has 0 amide bonds. The zero-order valence-corrected chi connectivity index (χ0v) is 15.6. The Morgan fingerprint density at radius 1 is 0.667 bits per heavy atom. The molecule has 2 aliphatic rings. The predicted octanol–water partition coefficient (Wildman–Crippen LogP) is 1.34. The van der Waals surface area contributed by atoms with Gasteiger partial charge in [0.15, 0.2) is 0 Å². The van der Waals surface area contributed by atoms with Gasteiger partial charge in [0, 0.05) is 38.3 Å². The van der Waals surface area contributed by atoms with Crippen LogP contribution in [0.15, 0.2) is 58.5 Å². The summed E-state index contributed by atoms with van der Waals surface area (Å²) in [4.78, 5) is 13.0. The van der Waals surface area contributed by atoms with E-state index < -0.39 is 0 Å². The molecule has 144 valence electrons. The van der Waals surface area contributed by atoms with Crippen LogP contribution in [0.5, 0.6) is 11.5 Å². The topological polar surface area (TPSA) is 103 Å². The second-order valence-electron chi connectivity index (χ2n) is 6.35. The van der Waals surface area contributed by atoms with Crippen molar-refractivity contribution in [3.63, 3.8) is 0 Å². The molecule has 0 unspecified atom stereocenters. The molecule has 4 rings (SSSR count). The second kappa shape index (κ2) is 9.05. The van der Waals surface area contributed by atoms with Crippen molar-refractivity contribution in [2.75, 3.05) is 40.3 Å². The van der Waals surface area contributed by atoms with Gasteiger partial charge in [0.25, 0.3) is 0 Å². The lowest BCUT2D eigenvalue weighted by Crippen LogP contribution is -2.23. The molecule has 0 fully saturated rings. The maximum absolute atomic E-state index is 9.11. The van der Waals surface area contributed by atoms with Crippen molar-refractivity contribution >= 4 is 11.7 Å². The number of nitrogens with zero attached hydrogens (tertiary/aromatic N) is 4. The molecule has 0 spiro atoms. The Kier molecular flexibility index (Phi) is 6.79. The van der Waals surface area contributed by atoms with Crippen molar-refractivity contribution in [3.05, 3.63) is 59.7 Å². The molecule has 7 heteroatoms. The number of amidine groups is 2. The minimum absolute atomic E-state index is 0. The minimum Gasteiger partial charge on any atom is -0.508 e. The Balaban J connectivity index is 0.000000187. The Morgan fingerprint density at radius 2 is 1.00 bits per heavy atom. The van der Waals surface area contributed by atoms with Crippen LogP contribution in [0.1, 0.15) is 11.1 Å². The van der Waals surface area contributed by atoms with Crippen LogP contribution in [-0.2, 0) is 0 Å². The SMILES string of the molecule is CN1CCN=C1c1ccc(O)cc1.CN1CCN=C1c1ccc(O)cc1.O. The number of aliphatic imine (C=N–C) groups is 2. The van der Waals surface area contributed by atoms with E-state index in [9.17, 15) is 0 Å². The lowest BCUT2D eigenvalue weighted by Gasteiger charge is -2.13. The van der Waals surface area contributed by atoms with Crippen molar-refractivity contribution in [2.24, 2.45) is 9.98 Å². The summed E-state index contributed by atoms with van der Waals surface area (Å²) in [5, 5.41) is 18.2. The minimum atomic E-state index is 0. The van der Waals surface area contributed by atoms with Gasteiger partial charge < -0.3 is 25.5 Å². The highest BCUT2D eigenvalue weighted by atomic mass is 16.3. The number of hydrogen-bond acceptors (Lipinski definition) is 6. The van der Waals surface area contributed by atoms with E-state index in [0.717, 1.165) is 49.0 Å². The molecule has 27 heavy (non-hydrogen) atoms. The number of phenolic OH excluding ortho intramolecular Hbond substituents is 2. The third-order valence-electron chi connectivity index (χ3n) is 4.37. The number of aromatic hydroxyl groups is 2. The summed E-state index contributed by atoms with van der Waals surface area (Å²) in [5.41, 5.74) is 2.13. The van der Waals surface area contributed by atoms with Crippen LogP contribution in [0.25, 0.3) is 0 Å². The van der Waals surface area contributed by atoms with Crippen LogP contribution in [0, 0.1) is 0 Å². The lowest BCUT2D eigenvalue weighted by molar-refractivity contribution is 0.474. The van der Waals surface area contributed by atoms with Gasteiger partial charge in [-0.1, -0.05) is 0 Å². The van der Waals surface area contributed by atoms with Crippen LogP contribution in [0.2, 0.25) is 0 Å². The summed E-state index contributed by atoms with van der Waals surface area (Å²) in [6.07, 6.45) is 0. The summed E-state index contributed by atoms with van der Waals surface area (Å²) in [6.45, 7) is 3.70. The lowest BCUT2D eigenvalue weighted by atomic mass is 10.2. The number of hydrogen-bond donors (Lipinski definition) is 2. The Bertz CT molecular complexity index is 731. The molecule has 2 aromatic carbocycles. The first kappa shape index (κ1) is 20.3. The Hall–Kier alpha value is -3.06. The highest BCUT2D eigenvalue weighted by Gasteiger charge is 2.14. The zero-order valence-electron chi connectivity index (χ0n) is 15.6. The van der Waals surface area contributed by atoms with Gasteiger partial charge in [-0.3, -0.25) is 9.98 Å². The van der Waals surface area contributed by atoms with E-state index in [2.05, 4.69) is 19.8 Å². The van der Waals surface area contributed by atoms with Crippen molar-refractivity contribution in [2.45, 2.75) is 0 Å². The first-order valence-corrected chi connectivity index (χ1v) is 8.64. The molecular weight excluding hydrogens is 344 g/mol. The molecule has 4 N–H and O–H groups in total. The van der Waals surface area contributed by atoms with E-state index in [-0.39, 0.29) is 5.48 Å². The number of phenols is 2. The van der Waals surface area contributed by atoms with E-state index in [1.807, 2.05) is 38.4 Å². The molecule has 2 aliphatic heterocycles. The molecule has 0 bridgehead atoms. The second-order valence-corrected chi connectivity index (χ2v) is 6.35. The maximum Gasteiger partial charge on any atom is 0.130 e. The Labute approximate surface area is 159 Å². The maximum atomic E-state index is 9.11. The molecule has 0 saturated carbocycles. The number of benzene rings is 2. The molecule has 2 aromatic rings. The quantitative estimate of drug-likeness (QED) is 0.833. The number of likely N-dealkylation sites (N-methyl/N-ethyl adjacent to an activating group) is 2. The Morgan fingerprint density at radius 3 is 1.26 bits per heavy atom. The van der Waals surface area contributed by atoms with Gasteiger partial charge in [0.1, 0.15) is 23.2 Å². The molecule has 0 atom stereocenters. The van der Waals surface area contributed by atoms with Crippen LogP contribution in [0.3, 0.4) is 0 Å². The van der Waals surface area contributed by atoms with Gasteiger partial charge in [-0.25, -0.2) is 0 Å². The van der Waals surface area contributed by atoms with Crippen molar-refractivity contribution in [3.8, 4) is 11.5 Å². The summed E-state index contributed by atoms with van der Waals surface area (Å²) in [5.74, 6) is 2.62. The van der Waals surface area contributed by atoms with Gasteiger partial charge in [-0.2, -0.15) is 0 Å². The van der Waals surface area contributed by atoms with Gasteiger partial charge >= 0.3 is 0 Å². The normalized spacial score (nSPS) is 15.5. The largest absolute Gasteiger partial charge is 0.508 e. The highest BCUT2D eigenvalue weighted by Crippen LogP contribution is 2.14. The van der Waals surface area contributed by atoms with Crippen LogP contribution >= 0.6 is 0 Å². The van der Waals surface area contributed by atoms with E-state index in [1.165, 1.54) is 0 Å². The van der Waals surface area contributed by atoms with Gasteiger partial charge in [-0.15, -0.1) is 0 Å². The monoisotopic (exact) mass is 370 g/mol. The van der Waals surface area contributed by atoms with E-state index >= 15 is 0 Å². The van der Waals surface area contributed by atoms with Crippen molar-refractivity contribution in [1.29, 1.82) is 0 Å². The number of rotatable bonds is 2. The zero-order chi connectivity index (χ0) is 18.5. The van der Waals surface area contributed by atoms with Crippen molar-refractivity contribution in [1.82, 2.24) is 9.80 Å². The van der Waals surface area contributed by atoms with Gasteiger partial charge in [0.2, 0.25) is 0 Å². The van der Waals surface area contributed by atoms with Crippen LogP contribution in [0.4, 0.5) is 0 Å².